The van der Waals surface area contributed by atoms with Gasteiger partial charge in [-0.25, -0.2) is 8.42 Å². The molecule has 2 aromatic rings. The van der Waals surface area contributed by atoms with Gasteiger partial charge in [-0.1, -0.05) is 30.3 Å². The molecule has 0 aromatic heterocycles. The zero-order valence-corrected chi connectivity index (χ0v) is 15.4. The number of carbonyl (C=O) groups is 1. The van der Waals surface area contributed by atoms with E-state index in [2.05, 4.69) is 10.6 Å². The van der Waals surface area contributed by atoms with Crippen LogP contribution >= 0.6 is 0 Å². The molecule has 2 aromatic carbocycles. The summed E-state index contributed by atoms with van der Waals surface area (Å²) < 4.78 is 29.1. The van der Waals surface area contributed by atoms with Gasteiger partial charge in [0.15, 0.2) is 15.6 Å². The molecule has 1 unspecified atom stereocenters. The first kappa shape index (κ1) is 18.4. The molecule has 1 atom stereocenters. The van der Waals surface area contributed by atoms with E-state index in [9.17, 15) is 13.2 Å². The third-order valence-electron chi connectivity index (χ3n) is 4.31. The van der Waals surface area contributed by atoms with Crippen LogP contribution in [0, 0.1) is 0 Å². The van der Waals surface area contributed by atoms with Crippen LogP contribution < -0.4 is 15.4 Å². The number of ether oxygens (including phenoxy) is 1. The van der Waals surface area contributed by atoms with Gasteiger partial charge in [0.1, 0.15) is 5.75 Å². The van der Waals surface area contributed by atoms with Gasteiger partial charge < -0.3 is 15.4 Å². The summed E-state index contributed by atoms with van der Waals surface area (Å²) in [7, 11) is -3.02. The van der Waals surface area contributed by atoms with Crippen LogP contribution in [0.3, 0.4) is 0 Å². The molecule has 3 rings (SSSR count). The van der Waals surface area contributed by atoms with Crippen LogP contribution in [-0.2, 0) is 14.6 Å². The predicted octanol–water partition coefficient (Wildman–Crippen LogP) is 2.58. The second-order valence-corrected chi connectivity index (χ2v) is 8.90. The Morgan fingerprint density at radius 1 is 1.12 bits per heavy atom. The molecule has 1 amide bonds. The Morgan fingerprint density at radius 3 is 2.50 bits per heavy atom. The number of nitrogens with one attached hydrogen (secondary N) is 2. The number of amides is 1. The van der Waals surface area contributed by atoms with Crippen molar-refractivity contribution in [3.8, 4) is 11.5 Å². The molecule has 1 heterocycles. The second kappa shape index (κ2) is 7.47. The van der Waals surface area contributed by atoms with Gasteiger partial charge in [0.05, 0.1) is 23.7 Å². The molecule has 2 N–H and O–H groups in total. The minimum atomic E-state index is -3.02. The molecule has 138 valence electrons. The molecule has 1 fully saturated rings. The Balaban J connectivity index is 1.61. The van der Waals surface area contributed by atoms with E-state index in [1.165, 1.54) is 0 Å². The maximum absolute atomic E-state index is 12.3. The number of rotatable bonds is 6. The van der Waals surface area contributed by atoms with Gasteiger partial charge in [0.2, 0.25) is 5.91 Å². The molecule has 6 nitrogen and oxygen atoms in total. The lowest BCUT2D eigenvalue weighted by Crippen LogP contribution is -2.46. The van der Waals surface area contributed by atoms with Crippen LogP contribution in [0.2, 0.25) is 0 Å². The van der Waals surface area contributed by atoms with Crippen molar-refractivity contribution in [2.45, 2.75) is 18.9 Å². The molecule has 1 saturated heterocycles. The molecule has 0 aliphatic carbocycles. The zero-order chi connectivity index (χ0) is 18.6. The molecule has 1 aliphatic rings. The Kier molecular flexibility index (Phi) is 5.29. The highest BCUT2D eigenvalue weighted by Crippen LogP contribution is 2.29. The second-order valence-electron chi connectivity index (χ2n) is 6.72. The summed E-state index contributed by atoms with van der Waals surface area (Å²) in [6.07, 6.45) is 0.510. The van der Waals surface area contributed by atoms with E-state index < -0.39 is 15.4 Å². The van der Waals surface area contributed by atoms with Crippen LogP contribution in [-0.4, -0.2) is 37.9 Å². The van der Waals surface area contributed by atoms with E-state index in [1.807, 2.05) is 49.4 Å². The van der Waals surface area contributed by atoms with Crippen molar-refractivity contribution in [3.63, 3.8) is 0 Å². The van der Waals surface area contributed by atoms with E-state index >= 15 is 0 Å². The monoisotopic (exact) mass is 374 g/mol. The average molecular weight is 374 g/mol. The van der Waals surface area contributed by atoms with Gasteiger partial charge in [-0.3, -0.25) is 4.79 Å². The summed E-state index contributed by atoms with van der Waals surface area (Å²) >= 11 is 0. The zero-order valence-electron chi connectivity index (χ0n) is 14.6. The van der Waals surface area contributed by atoms with Crippen LogP contribution in [0.1, 0.15) is 13.3 Å². The minimum Gasteiger partial charge on any atom is -0.455 e. The Bertz CT molecular complexity index is 883. The quantitative estimate of drug-likeness (QED) is 0.812. The highest BCUT2D eigenvalue weighted by Gasteiger charge is 2.38. The standard InChI is InChI=1S/C19H22N2O4S/c1-19(11-12-26(23,24)14-19)20-13-18(22)21-16-9-5-6-10-17(16)25-15-7-3-2-4-8-15/h2-10,20H,11-14H2,1H3,(H,21,22). The first-order valence-electron chi connectivity index (χ1n) is 8.43. The predicted molar refractivity (Wildman–Crippen MR) is 101 cm³/mol. The number of carbonyl (C=O) groups excluding carboxylic acids is 1. The highest BCUT2D eigenvalue weighted by atomic mass is 32.2. The molecular formula is C19H22N2O4S. The van der Waals surface area contributed by atoms with Crippen LogP contribution in [0.4, 0.5) is 5.69 Å². The van der Waals surface area contributed by atoms with E-state index in [1.54, 1.807) is 12.1 Å². The van der Waals surface area contributed by atoms with E-state index in [4.69, 9.17) is 4.74 Å². The van der Waals surface area contributed by atoms with Gasteiger partial charge in [-0.05, 0) is 37.6 Å². The van der Waals surface area contributed by atoms with Crippen molar-refractivity contribution in [2.75, 3.05) is 23.4 Å². The number of sulfone groups is 1. The SMILES string of the molecule is CC1(NCC(=O)Nc2ccccc2Oc2ccccc2)CCS(=O)(=O)C1. The summed E-state index contributed by atoms with van der Waals surface area (Å²) in [4.78, 5) is 12.3. The lowest BCUT2D eigenvalue weighted by Gasteiger charge is -2.23. The third-order valence-corrected chi connectivity index (χ3v) is 6.21. The van der Waals surface area contributed by atoms with Crippen LogP contribution in [0.15, 0.2) is 54.6 Å². The normalized spacial score (nSPS) is 21.3. The fourth-order valence-corrected chi connectivity index (χ4v) is 5.04. The first-order valence-corrected chi connectivity index (χ1v) is 10.2. The van der Waals surface area contributed by atoms with Crippen LogP contribution in [0.5, 0.6) is 11.5 Å². The number of hydrogen-bond acceptors (Lipinski definition) is 5. The van der Waals surface area contributed by atoms with Crippen molar-refractivity contribution < 1.29 is 17.9 Å². The smallest absolute Gasteiger partial charge is 0.238 e. The number of para-hydroxylation sites is 3. The minimum absolute atomic E-state index is 0.0334. The summed E-state index contributed by atoms with van der Waals surface area (Å²) in [5.74, 6) is 1.18. The molecule has 0 spiro atoms. The molecule has 0 radical (unpaired) electrons. The van der Waals surface area contributed by atoms with Crippen molar-refractivity contribution in [3.05, 3.63) is 54.6 Å². The lowest BCUT2D eigenvalue weighted by atomic mass is 10.0. The lowest BCUT2D eigenvalue weighted by molar-refractivity contribution is -0.115. The summed E-state index contributed by atoms with van der Waals surface area (Å²) in [6, 6.07) is 16.5. The van der Waals surface area contributed by atoms with Gasteiger partial charge in [-0.15, -0.1) is 0 Å². The molecule has 0 bridgehead atoms. The molecular weight excluding hydrogens is 352 g/mol. The average Bonchev–Trinajstić information content (AvgIpc) is 2.90. The molecule has 26 heavy (non-hydrogen) atoms. The van der Waals surface area contributed by atoms with E-state index in [0.29, 0.717) is 23.6 Å². The highest BCUT2D eigenvalue weighted by molar-refractivity contribution is 7.91. The largest absolute Gasteiger partial charge is 0.455 e. The topological polar surface area (TPSA) is 84.5 Å². The van der Waals surface area contributed by atoms with Crippen LogP contribution in [0.25, 0.3) is 0 Å². The number of hydrogen-bond donors (Lipinski definition) is 2. The Labute approximate surface area is 153 Å². The third kappa shape index (κ3) is 4.83. The van der Waals surface area contributed by atoms with Crippen molar-refractivity contribution >= 4 is 21.4 Å². The van der Waals surface area contributed by atoms with Crippen molar-refractivity contribution in [1.29, 1.82) is 0 Å². The summed E-state index contributed by atoms with van der Waals surface area (Å²) in [6.45, 7) is 1.86. The summed E-state index contributed by atoms with van der Waals surface area (Å²) in [5, 5.41) is 5.89. The molecule has 1 aliphatic heterocycles. The Morgan fingerprint density at radius 2 is 1.81 bits per heavy atom. The molecule has 0 saturated carbocycles. The maximum Gasteiger partial charge on any atom is 0.238 e. The maximum atomic E-state index is 12.3. The first-order chi connectivity index (χ1) is 12.4. The van der Waals surface area contributed by atoms with Crippen molar-refractivity contribution in [2.24, 2.45) is 0 Å². The van der Waals surface area contributed by atoms with Gasteiger partial charge in [-0.2, -0.15) is 0 Å². The fourth-order valence-electron chi connectivity index (χ4n) is 2.91. The number of anilines is 1. The van der Waals surface area contributed by atoms with Gasteiger partial charge in [0, 0.05) is 5.54 Å². The van der Waals surface area contributed by atoms with Gasteiger partial charge >= 0.3 is 0 Å². The number of benzene rings is 2. The van der Waals surface area contributed by atoms with E-state index in [-0.39, 0.29) is 24.0 Å². The van der Waals surface area contributed by atoms with E-state index in [0.717, 1.165) is 0 Å². The van der Waals surface area contributed by atoms with Crippen molar-refractivity contribution in [1.82, 2.24) is 5.32 Å². The molecule has 7 heteroatoms. The summed E-state index contributed by atoms with van der Waals surface area (Å²) in [5.41, 5.74) is 0.00306. The Hall–Kier alpha value is -2.38. The van der Waals surface area contributed by atoms with Gasteiger partial charge in [0.25, 0.3) is 0 Å². The fraction of sp³-hybridized carbons (Fsp3) is 0.316.